The Morgan fingerprint density at radius 1 is 1.27 bits per heavy atom. The maximum atomic E-state index is 13.4. The molecule has 0 amide bonds. The summed E-state index contributed by atoms with van der Waals surface area (Å²) < 4.78 is 46.6. The zero-order valence-corrected chi connectivity index (χ0v) is 19.2. The number of alkyl halides is 3. The van der Waals surface area contributed by atoms with Gasteiger partial charge in [-0.2, -0.15) is 18.4 Å². The van der Waals surface area contributed by atoms with E-state index >= 15 is 0 Å². The van der Waals surface area contributed by atoms with Crippen molar-refractivity contribution in [3.63, 3.8) is 0 Å². The second kappa shape index (κ2) is 9.92. The molecule has 13 heteroatoms. The number of allylic oxidation sites excluding steroid dienone is 1. The zero-order chi connectivity index (χ0) is 26.9. The van der Waals surface area contributed by atoms with Crippen LogP contribution in [0, 0.1) is 11.3 Å². The van der Waals surface area contributed by atoms with E-state index in [9.17, 15) is 27.9 Å². The fourth-order valence-electron chi connectivity index (χ4n) is 4.03. The molecular formula is C24H20F3N5O5. The van der Waals surface area contributed by atoms with Gasteiger partial charge in [-0.15, -0.1) is 5.10 Å². The topological polar surface area (TPSA) is 144 Å². The number of nitrogens with zero attached hydrogens (tertiary/aromatic N) is 4. The van der Waals surface area contributed by atoms with Crippen LogP contribution in [0.25, 0.3) is 0 Å². The number of carbonyl (C=O) groups excluding carboxylic acids is 1. The molecular weight excluding hydrogens is 495 g/mol. The lowest BCUT2D eigenvalue weighted by Crippen LogP contribution is -2.38. The van der Waals surface area contributed by atoms with Gasteiger partial charge in [0.05, 0.1) is 29.4 Å². The van der Waals surface area contributed by atoms with Crippen LogP contribution in [-0.2, 0) is 15.7 Å². The predicted octanol–water partition coefficient (Wildman–Crippen LogP) is 2.37. The fourth-order valence-corrected chi connectivity index (χ4v) is 4.03. The number of nitrogens with one attached hydrogen (secondary N) is 1. The number of aromatic nitrogens is 3. The van der Waals surface area contributed by atoms with E-state index in [1.54, 1.807) is 0 Å². The predicted molar refractivity (Wildman–Crippen MR) is 122 cm³/mol. The van der Waals surface area contributed by atoms with Gasteiger partial charge in [-0.3, -0.25) is 4.90 Å². The highest BCUT2D eigenvalue weighted by atomic mass is 19.4. The standard InChI is InChI=1S/C24H20F3N5O5/c1-13-19(21(35)37-12-18(34)11-33)20(15-7-5-14(10-28)6-8-15)32-22(29-30-23(32)36)31(13)17-4-2-3-16(9-17)24(25,26)27/h2-9,18,20,33-34H,11-12H2,1H3,(H,30,36)/t18?,20-/m1/s1. The van der Waals surface area contributed by atoms with Crippen LogP contribution in [-0.4, -0.2) is 50.3 Å². The summed E-state index contributed by atoms with van der Waals surface area (Å²) >= 11 is 0. The van der Waals surface area contributed by atoms with Gasteiger partial charge in [0.2, 0.25) is 5.95 Å². The molecule has 2 heterocycles. The number of aliphatic hydroxyl groups excluding tert-OH is 2. The van der Waals surface area contributed by atoms with E-state index in [0.29, 0.717) is 11.1 Å². The van der Waals surface area contributed by atoms with Crippen LogP contribution in [0.5, 0.6) is 0 Å². The summed E-state index contributed by atoms with van der Waals surface area (Å²) in [5.41, 5.74) is -1.03. The smallest absolute Gasteiger partial charge is 0.416 e. The van der Waals surface area contributed by atoms with Gasteiger partial charge >= 0.3 is 17.8 Å². The average Bonchev–Trinajstić information content (AvgIpc) is 3.26. The molecule has 3 N–H and O–H groups in total. The number of aromatic amines is 1. The zero-order valence-electron chi connectivity index (χ0n) is 19.2. The average molecular weight is 515 g/mol. The number of ether oxygens (including phenoxy) is 1. The van der Waals surface area contributed by atoms with Gasteiger partial charge in [-0.1, -0.05) is 18.2 Å². The normalized spacial score (nSPS) is 16.2. The molecule has 0 aliphatic carbocycles. The van der Waals surface area contributed by atoms with E-state index in [-0.39, 0.29) is 22.9 Å². The van der Waals surface area contributed by atoms with E-state index in [0.717, 1.165) is 16.7 Å². The molecule has 3 aromatic rings. The molecule has 0 bridgehead atoms. The van der Waals surface area contributed by atoms with Crippen molar-refractivity contribution < 1.29 is 32.9 Å². The highest BCUT2D eigenvalue weighted by molar-refractivity contribution is 5.93. The number of fused-ring (bicyclic) bond motifs is 1. The molecule has 0 radical (unpaired) electrons. The Hall–Kier alpha value is -4.41. The van der Waals surface area contributed by atoms with E-state index in [2.05, 4.69) is 10.2 Å². The van der Waals surface area contributed by atoms with Gasteiger partial charge in [0.15, 0.2) is 0 Å². The minimum atomic E-state index is -4.65. The molecule has 0 spiro atoms. The van der Waals surface area contributed by atoms with Crippen molar-refractivity contribution in [2.45, 2.75) is 25.2 Å². The SMILES string of the molecule is CC1=C(C(=O)OCC(O)CO)[C@@H](c2ccc(C#N)cc2)n2c(n[nH]c2=O)N1c1cccc(C(F)(F)F)c1. The molecule has 1 aromatic heterocycles. The van der Waals surface area contributed by atoms with Gasteiger partial charge in [-0.05, 0) is 42.8 Å². The van der Waals surface area contributed by atoms with E-state index in [4.69, 9.17) is 15.1 Å². The number of nitriles is 1. The van der Waals surface area contributed by atoms with Crippen molar-refractivity contribution in [2.24, 2.45) is 0 Å². The van der Waals surface area contributed by atoms with Crippen molar-refractivity contribution in [3.05, 3.63) is 87.0 Å². The molecule has 2 aromatic carbocycles. The van der Waals surface area contributed by atoms with Gasteiger partial charge in [0, 0.05) is 11.4 Å². The van der Waals surface area contributed by atoms with Crippen molar-refractivity contribution >= 4 is 17.6 Å². The molecule has 1 aliphatic rings. The quantitative estimate of drug-likeness (QED) is 0.425. The molecule has 37 heavy (non-hydrogen) atoms. The lowest BCUT2D eigenvalue weighted by Gasteiger charge is -2.35. The summed E-state index contributed by atoms with van der Waals surface area (Å²) in [6, 6.07) is 11.1. The number of benzene rings is 2. The van der Waals surface area contributed by atoms with Crippen LogP contribution in [0.3, 0.4) is 0 Å². The van der Waals surface area contributed by atoms with E-state index < -0.39 is 48.8 Å². The highest BCUT2D eigenvalue weighted by Gasteiger charge is 2.40. The third-order valence-electron chi connectivity index (χ3n) is 5.77. The lowest BCUT2D eigenvalue weighted by atomic mass is 9.93. The summed E-state index contributed by atoms with van der Waals surface area (Å²) in [5.74, 6) is -1.06. The minimum Gasteiger partial charge on any atom is -0.459 e. The Bertz CT molecular complexity index is 1450. The number of hydrogen-bond acceptors (Lipinski definition) is 8. The van der Waals surface area contributed by atoms with Gasteiger partial charge in [-0.25, -0.2) is 19.3 Å². The second-order valence-electron chi connectivity index (χ2n) is 8.15. The number of hydrogen-bond donors (Lipinski definition) is 3. The molecule has 0 saturated heterocycles. The first-order valence-corrected chi connectivity index (χ1v) is 10.9. The van der Waals surface area contributed by atoms with Gasteiger partial charge in [0.1, 0.15) is 18.8 Å². The minimum absolute atomic E-state index is 0.0217. The number of halogens is 3. The highest BCUT2D eigenvalue weighted by Crippen LogP contribution is 2.42. The van der Waals surface area contributed by atoms with Crippen LogP contribution in [0.15, 0.2) is 64.6 Å². The Balaban J connectivity index is 1.94. The Labute approximate surface area is 207 Å². The van der Waals surface area contributed by atoms with E-state index in [1.807, 2.05) is 6.07 Å². The first-order valence-electron chi connectivity index (χ1n) is 10.9. The number of aliphatic hydroxyl groups is 2. The number of rotatable bonds is 6. The Kier molecular flexibility index (Phi) is 6.88. The first-order chi connectivity index (χ1) is 17.6. The van der Waals surface area contributed by atoms with Crippen LogP contribution >= 0.6 is 0 Å². The Morgan fingerprint density at radius 3 is 2.59 bits per heavy atom. The Morgan fingerprint density at radius 2 is 1.97 bits per heavy atom. The summed E-state index contributed by atoms with van der Waals surface area (Å²) in [4.78, 5) is 27.4. The summed E-state index contributed by atoms with van der Waals surface area (Å²) in [7, 11) is 0. The molecule has 0 saturated carbocycles. The van der Waals surface area contributed by atoms with Crippen molar-refractivity contribution in [1.29, 1.82) is 5.26 Å². The van der Waals surface area contributed by atoms with Crippen molar-refractivity contribution in [3.8, 4) is 6.07 Å². The van der Waals surface area contributed by atoms with Crippen LogP contribution in [0.2, 0.25) is 0 Å². The maximum Gasteiger partial charge on any atom is 0.416 e. The molecule has 10 nitrogen and oxygen atoms in total. The number of esters is 1. The van der Waals surface area contributed by atoms with Gasteiger partial charge < -0.3 is 14.9 Å². The maximum absolute atomic E-state index is 13.4. The third-order valence-corrected chi connectivity index (χ3v) is 5.77. The van der Waals surface area contributed by atoms with Crippen LogP contribution in [0.1, 0.15) is 29.7 Å². The van der Waals surface area contributed by atoms with Crippen LogP contribution in [0.4, 0.5) is 24.8 Å². The molecule has 4 rings (SSSR count). The summed E-state index contributed by atoms with van der Waals surface area (Å²) in [6.07, 6.45) is -6.02. The van der Waals surface area contributed by atoms with Gasteiger partial charge in [0.25, 0.3) is 0 Å². The lowest BCUT2D eigenvalue weighted by molar-refractivity contribution is -0.143. The molecule has 0 fully saturated rings. The monoisotopic (exact) mass is 515 g/mol. The second-order valence-corrected chi connectivity index (χ2v) is 8.15. The molecule has 2 atom stereocenters. The first kappa shape index (κ1) is 25.7. The fraction of sp³-hybridized carbons (Fsp3) is 0.250. The molecule has 1 aliphatic heterocycles. The number of anilines is 2. The van der Waals surface area contributed by atoms with Crippen molar-refractivity contribution in [1.82, 2.24) is 14.8 Å². The van der Waals surface area contributed by atoms with Crippen LogP contribution < -0.4 is 10.6 Å². The largest absolute Gasteiger partial charge is 0.459 e. The number of H-pyrrole nitrogens is 1. The molecule has 192 valence electrons. The molecule has 1 unspecified atom stereocenters. The third kappa shape index (κ3) is 4.84. The van der Waals surface area contributed by atoms with Crippen molar-refractivity contribution in [2.75, 3.05) is 18.1 Å². The number of carbonyl (C=O) groups is 1. The summed E-state index contributed by atoms with van der Waals surface area (Å²) in [5, 5.41) is 34.2. The van der Waals surface area contributed by atoms with E-state index in [1.165, 1.54) is 48.2 Å². The summed E-state index contributed by atoms with van der Waals surface area (Å²) in [6.45, 7) is 0.216.